The van der Waals surface area contributed by atoms with Gasteiger partial charge in [0.15, 0.2) is 5.82 Å². The summed E-state index contributed by atoms with van der Waals surface area (Å²) < 4.78 is 30.2. The van der Waals surface area contributed by atoms with E-state index in [0.29, 0.717) is 5.82 Å². The van der Waals surface area contributed by atoms with Gasteiger partial charge in [0, 0.05) is 22.8 Å². The van der Waals surface area contributed by atoms with Crippen molar-refractivity contribution < 1.29 is 13.2 Å². The molecule has 108 valence electrons. The number of hydrogen-bond acceptors (Lipinski definition) is 5. The molecule has 0 N–H and O–H groups in total. The van der Waals surface area contributed by atoms with E-state index in [9.17, 15) is 8.42 Å². The first-order chi connectivity index (χ1) is 9.29. The molecule has 0 unspecified atom stereocenters. The van der Waals surface area contributed by atoms with Crippen molar-refractivity contribution in [1.82, 2.24) is 14.8 Å². The van der Waals surface area contributed by atoms with Crippen molar-refractivity contribution >= 4 is 31.3 Å². The van der Waals surface area contributed by atoms with Gasteiger partial charge >= 0.3 is 0 Å². The number of ether oxygens (including phenoxy) is 1. The summed E-state index contributed by atoms with van der Waals surface area (Å²) in [5.41, 5.74) is 0. The largest absolute Gasteiger partial charge is 0.484 e. The third-order valence-corrected chi connectivity index (χ3v) is 4.29. The Balaban J connectivity index is 2.28. The maximum atomic E-state index is 11.5. The summed E-state index contributed by atoms with van der Waals surface area (Å²) >= 11 is 5.76. The maximum Gasteiger partial charge on any atom is 0.265 e. The Morgan fingerprint density at radius 1 is 1.35 bits per heavy atom. The Hall–Kier alpha value is -1.31. The molecule has 0 aliphatic rings. The number of hydrogen-bond donors (Lipinski definition) is 0. The van der Waals surface area contributed by atoms with Gasteiger partial charge in [-0.1, -0.05) is 11.6 Å². The Bertz CT molecular complexity index is 743. The standard InChI is InChI=1S/C11H11Cl2N3O3S/c1-7-14-15-11(16(7)2)6-19-9-4-3-8(12)5-10(9)20(13,17)18/h3-5H,6H2,1-2H3. The van der Waals surface area contributed by atoms with Gasteiger partial charge in [-0.3, -0.25) is 0 Å². The van der Waals surface area contributed by atoms with Gasteiger partial charge in [0.05, 0.1) is 0 Å². The second-order valence-corrected chi connectivity index (χ2v) is 7.01. The van der Waals surface area contributed by atoms with Crippen molar-refractivity contribution in [3.8, 4) is 5.75 Å². The highest BCUT2D eigenvalue weighted by molar-refractivity contribution is 8.13. The van der Waals surface area contributed by atoms with Gasteiger partial charge in [-0.05, 0) is 25.1 Å². The minimum atomic E-state index is -3.95. The van der Waals surface area contributed by atoms with Crippen LogP contribution in [0.5, 0.6) is 5.75 Å². The van der Waals surface area contributed by atoms with Crippen LogP contribution >= 0.6 is 22.3 Å². The molecule has 2 aromatic rings. The molecule has 20 heavy (non-hydrogen) atoms. The highest BCUT2D eigenvalue weighted by Crippen LogP contribution is 2.30. The topological polar surface area (TPSA) is 74.1 Å². The summed E-state index contributed by atoms with van der Waals surface area (Å²) in [5, 5.41) is 8.06. The molecule has 1 aromatic carbocycles. The summed E-state index contributed by atoms with van der Waals surface area (Å²) in [6, 6.07) is 4.20. The van der Waals surface area contributed by atoms with Gasteiger partial charge in [-0.2, -0.15) is 0 Å². The normalized spacial score (nSPS) is 11.6. The van der Waals surface area contributed by atoms with E-state index >= 15 is 0 Å². The van der Waals surface area contributed by atoms with Gasteiger partial charge < -0.3 is 9.30 Å². The SMILES string of the molecule is Cc1nnc(COc2ccc(Cl)cc2S(=O)(=O)Cl)n1C. The summed E-state index contributed by atoms with van der Waals surface area (Å²) in [7, 11) is 3.19. The highest BCUT2D eigenvalue weighted by atomic mass is 35.7. The van der Waals surface area contributed by atoms with Crippen LogP contribution < -0.4 is 4.74 Å². The number of rotatable bonds is 4. The highest BCUT2D eigenvalue weighted by Gasteiger charge is 2.18. The number of halogens is 2. The Labute approximate surface area is 125 Å². The predicted molar refractivity (Wildman–Crippen MR) is 74.6 cm³/mol. The lowest BCUT2D eigenvalue weighted by molar-refractivity contribution is 0.283. The zero-order chi connectivity index (χ0) is 14.9. The van der Waals surface area contributed by atoms with E-state index in [2.05, 4.69) is 10.2 Å². The van der Waals surface area contributed by atoms with Gasteiger partial charge in [0.2, 0.25) is 0 Å². The fourth-order valence-corrected chi connectivity index (χ4v) is 2.74. The van der Waals surface area contributed by atoms with Crippen LogP contribution in [-0.2, 0) is 22.7 Å². The molecule has 0 fully saturated rings. The molecular formula is C11H11Cl2N3O3S. The van der Waals surface area contributed by atoms with Crippen LogP contribution in [-0.4, -0.2) is 23.2 Å². The van der Waals surface area contributed by atoms with Crippen LogP contribution in [0.1, 0.15) is 11.6 Å². The number of nitrogens with zero attached hydrogens (tertiary/aromatic N) is 3. The van der Waals surface area contributed by atoms with Crippen LogP contribution in [0, 0.1) is 6.92 Å². The lowest BCUT2D eigenvalue weighted by Crippen LogP contribution is -2.06. The third-order valence-electron chi connectivity index (χ3n) is 2.71. The molecule has 6 nitrogen and oxygen atoms in total. The van der Waals surface area contributed by atoms with Crippen molar-refractivity contribution in [1.29, 1.82) is 0 Å². The zero-order valence-corrected chi connectivity index (χ0v) is 13.0. The zero-order valence-electron chi connectivity index (χ0n) is 10.7. The fraction of sp³-hybridized carbons (Fsp3) is 0.273. The molecule has 0 atom stereocenters. The monoisotopic (exact) mass is 335 g/mol. The number of benzene rings is 1. The quantitative estimate of drug-likeness (QED) is 0.801. The lowest BCUT2D eigenvalue weighted by Gasteiger charge is -2.09. The molecule has 0 aliphatic heterocycles. The van der Waals surface area contributed by atoms with Crippen LogP contribution in [0.2, 0.25) is 5.02 Å². The van der Waals surface area contributed by atoms with Crippen molar-refractivity contribution in [3.63, 3.8) is 0 Å². The van der Waals surface area contributed by atoms with E-state index in [1.54, 1.807) is 18.5 Å². The summed E-state index contributed by atoms with van der Waals surface area (Å²) in [4.78, 5) is -0.175. The van der Waals surface area contributed by atoms with Crippen molar-refractivity contribution in [2.45, 2.75) is 18.4 Å². The Kier molecular flexibility index (Phi) is 4.22. The smallest absolute Gasteiger partial charge is 0.265 e. The second-order valence-electron chi connectivity index (χ2n) is 4.04. The number of aromatic nitrogens is 3. The molecule has 0 radical (unpaired) electrons. The van der Waals surface area contributed by atoms with E-state index < -0.39 is 9.05 Å². The van der Waals surface area contributed by atoms with Crippen LogP contribution in [0.3, 0.4) is 0 Å². The second kappa shape index (κ2) is 5.59. The Morgan fingerprint density at radius 3 is 2.60 bits per heavy atom. The van der Waals surface area contributed by atoms with Crippen LogP contribution in [0.15, 0.2) is 23.1 Å². The summed E-state index contributed by atoms with van der Waals surface area (Å²) in [5.74, 6) is 1.41. The van der Waals surface area contributed by atoms with Crippen LogP contribution in [0.25, 0.3) is 0 Å². The lowest BCUT2D eigenvalue weighted by atomic mass is 10.3. The van der Waals surface area contributed by atoms with Gasteiger partial charge in [-0.25, -0.2) is 8.42 Å². The maximum absolute atomic E-state index is 11.5. The molecule has 2 rings (SSSR count). The Morgan fingerprint density at radius 2 is 2.05 bits per heavy atom. The molecule has 0 amide bonds. The third kappa shape index (κ3) is 3.23. The first-order valence-corrected chi connectivity index (χ1v) is 8.19. The first-order valence-electron chi connectivity index (χ1n) is 5.51. The van der Waals surface area contributed by atoms with Gasteiger partial charge in [0.25, 0.3) is 9.05 Å². The molecule has 0 aliphatic carbocycles. The molecule has 0 spiro atoms. The van der Waals surface area contributed by atoms with E-state index in [-0.39, 0.29) is 22.3 Å². The van der Waals surface area contributed by atoms with Crippen molar-refractivity contribution in [3.05, 3.63) is 34.9 Å². The molecule has 0 saturated heterocycles. The minimum Gasteiger partial charge on any atom is -0.484 e. The average molecular weight is 336 g/mol. The predicted octanol–water partition coefficient (Wildman–Crippen LogP) is 2.28. The molecular weight excluding hydrogens is 325 g/mol. The van der Waals surface area contributed by atoms with E-state index in [1.807, 2.05) is 0 Å². The molecule has 0 saturated carbocycles. The van der Waals surface area contributed by atoms with Crippen LogP contribution in [0.4, 0.5) is 0 Å². The summed E-state index contributed by atoms with van der Waals surface area (Å²) in [6.07, 6.45) is 0. The first kappa shape index (κ1) is 15.1. The summed E-state index contributed by atoms with van der Waals surface area (Å²) in [6.45, 7) is 1.87. The van der Waals surface area contributed by atoms with E-state index in [1.165, 1.54) is 18.2 Å². The minimum absolute atomic E-state index is 0.0678. The molecule has 9 heteroatoms. The molecule has 0 bridgehead atoms. The van der Waals surface area contributed by atoms with E-state index in [4.69, 9.17) is 27.0 Å². The van der Waals surface area contributed by atoms with Gasteiger partial charge in [0.1, 0.15) is 23.1 Å². The van der Waals surface area contributed by atoms with Crippen molar-refractivity contribution in [2.75, 3.05) is 0 Å². The average Bonchev–Trinajstić information content (AvgIpc) is 2.67. The van der Waals surface area contributed by atoms with Crippen molar-refractivity contribution in [2.24, 2.45) is 7.05 Å². The van der Waals surface area contributed by atoms with Gasteiger partial charge in [-0.15, -0.1) is 10.2 Å². The molecule has 1 aromatic heterocycles. The fourth-order valence-electron chi connectivity index (χ4n) is 1.51. The number of aryl methyl sites for hydroxylation is 1. The van der Waals surface area contributed by atoms with E-state index in [0.717, 1.165) is 5.82 Å². The molecule has 1 heterocycles.